The Morgan fingerprint density at radius 2 is 2.00 bits per heavy atom. The van der Waals surface area contributed by atoms with E-state index in [4.69, 9.17) is 5.26 Å². The first kappa shape index (κ1) is 15.4. The number of nitrogens with one attached hydrogen (secondary N) is 1. The van der Waals surface area contributed by atoms with Crippen molar-refractivity contribution in [2.75, 3.05) is 13.1 Å². The second-order valence-corrected chi connectivity index (χ2v) is 5.74. The fourth-order valence-corrected chi connectivity index (χ4v) is 1.69. The molecule has 0 rings (SSSR count). The molecule has 3 nitrogen and oxygen atoms in total. The zero-order chi connectivity index (χ0) is 12.6. The van der Waals surface area contributed by atoms with Gasteiger partial charge in [0, 0.05) is 19.5 Å². The summed E-state index contributed by atoms with van der Waals surface area (Å²) in [6, 6.07) is 2.17. The second kappa shape index (κ2) is 7.65. The van der Waals surface area contributed by atoms with Crippen LogP contribution in [0, 0.1) is 22.7 Å². The second-order valence-electron chi connectivity index (χ2n) is 5.74. The quantitative estimate of drug-likeness (QED) is 0.668. The van der Waals surface area contributed by atoms with Crippen molar-refractivity contribution in [2.45, 2.75) is 53.1 Å². The zero-order valence-electron chi connectivity index (χ0n) is 11.1. The topological polar surface area (TPSA) is 56.0 Å². The molecule has 16 heavy (non-hydrogen) atoms. The van der Waals surface area contributed by atoms with E-state index in [2.05, 4.69) is 39.1 Å². The Balaban J connectivity index is 3.67. The Labute approximate surface area is 99.9 Å². The van der Waals surface area contributed by atoms with Crippen LogP contribution in [-0.4, -0.2) is 24.3 Å². The molecular weight excluding hydrogens is 200 g/mol. The number of hydrogen-bond acceptors (Lipinski definition) is 3. The number of hydrogen-bond donors (Lipinski definition) is 2. The summed E-state index contributed by atoms with van der Waals surface area (Å²) in [7, 11) is 0. The fraction of sp³-hybridized carbons (Fsp3) is 0.923. The number of aliphatic hydroxyl groups excluding tert-OH is 1. The molecule has 0 saturated carbocycles. The van der Waals surface area contributed by atoms with Crippen LogP contribution in [0.2, 0.25) is 0 Å². The van der Waals surface area contributed by atoms with Gasteiger partial charge in [0.05, 0.1) is 12.2 Å². The predicted octanol–water partition coefficient (Wildman–Crippen LogP) is 2.31. The highest BCUT2D eigenvalue weighted by Gasteiger charge is 2.17. The minimum absolute atomic E-state index is 0.132. The van der Waals surface area contributed by atoms with Crippen LogP contribution in [0.25, 0.3) is 0 Å². The molecule has 0 aromatic carbocycles. The van der Waals surface area contributed by atoms with Gasteiger partial charge in [0.25, 0.3) is 0 Å². The molecule has 3 heteroatoms. The summed E-state index contributed by atoms with van der Waals surface area (Å²) >= 11 is 0. The summed E-state index contributed by atoms with van der Waals surface area (Å²) in [6.45, 7) is 10.0. The van der Waals surface area contributed by atoms with E-state index in [-0.39, 0.29) is 11.5 Å². The van der Waals surface area contributed by atoms with Crippen LogP contribution in [0.4, 0.5) is 0 Å². The molecule has 1 atom stereocenters. The Bertz CT molecular complexity index is 218. The normalized spacial score (nSPS) is 13.8. The largest absolute Gasteiger partial charge is 0.392 e. The maximum atomic E-state index is 9.68. The van der Waals surface area contributed by atoms with Gasteiger partial charge in [-0.3, -0.25) is 0 Å². The van der Waals surface area contributed by atoms with Crippen molar-refractivity contribution in [3.63, 3.8) is 0 Å². The van der Waals surface area contributed by atoms with Gasteiger partial charge >= 0.3 is 0 Å². The molecule has 0 aromatic rings. The van der Waals surface area contributed by atoms with E-state index < -0.39 is 0 Å². The molecule has 0 fully saturated rings. The van der Waals surface area contributed by atoms with Gasteiger partial charge in [-0.05, 0) is 24.2 Å². The first-order valence-electron chi connectivity index (χ1n) is 6.13. The van der Waals surface area contributed by atoms with Crippen LogP contribution < -0.4 is 5.32 Å². The Hall–Kier alpha value is -0.590. The summed E-state index contributed by atoms with van der Waals surface area (Å²) in [5, 5.41) is 21.5. The number of nitrogens with zero attached hydrogens (tertiary/aromatic N) is 1. The van der Waals surface area contributed by atoms with Gasteiger partial charge in [0.15, 0.2) is 0 Å². The highest BCUT2D eigenvalue weighted by molar-refractivity contribution is 4.79. The SMILES string of the molecule is CC(C)CC(O)CNCC(C)(C)CCC#N. The Morgan fingerprint density at radius 3 is 2.50 bits per heavy atom. The molecule has 0 aliphatic heterocycles. The molecule has 0 bridgehead atoms. The lowest BCUT2D eigenvalue weighted by atomic mass is 9.88. The molecule has 0 amide bonds. The van der Waals surface area contributed by atoms with Crippen molar-refractivity contribution in [3.05, 3.63) is 0 Å². The lowest BCUT2D eigenvalue weighted by molar-refractivity contribution is 0.141. The van der Waals surface area contributed by atoms with Crippen LogP contribution in [0.3, 0.4) is 0 Å². The van der Waals surface area contributed by atoms with Crippen molar-refractivity contribution < 1.29 is 5.11 Å². The van der Waals surface area contributed by atoms with Crippen LogP contribution in [0.5, 0.6) is 0 Å². The number of nitriles is 1. The minimum Gasteiger partial charge on any atom is -0.392 e. The van der Waals surface area contributed by atoms with Crippen molar-refractivity contribution in [3.8, 4) is 6.07 Å². The molecule has 0 spiro atoms. The average Bonchev–Trinajstić information content (AvgIpc) is 2.13. The highest BCUT2D eigenvalue weighted by atomic mass is 16.3. The van der Waals surface area contributed by atoms with E-state index in [0.29, 0.717) is 18.9 Å². The van der Waals surface area contributed by atoms with Gasteiger partial charge in [-0.15, -0.1) is 0 Å². The summed E-state index contributed by atoms with van der Waals surface area (Å²) in [5.41, 5.74) is 0.132. The molecule has 2 N–H and O–H groups in total. The summed E-state index contributed by atoms with van der Waals surface area (Å²) in [6.07, 6.45) is 2.08. The van der Waals surface area contributed by atoms with Crippen molar-refractivity contribution in [2.24, 2.45) is 11.3 Å². The zero-order valence-corrected chi connectivity index (χ0v) is 11.1. The minimum atomic E-state index is -0.258. The molecule has 0 aliphatic rings. The van der Waals surface area contributed by atoms with Crippen molar-refractivity contribution >= 4 is 0 Å². The fourth-order valence-electron chi connectivity index (χ4n) is 1.69. The van der Waals surface area contributed by atoms with Crippen molar-refractivity contribution in [1.29, 1.82) is 5.26 Å². The van der Waals surface area contributed by atoms with Crippen molar-refractivity contribution in [1.82, 2.24) is 5.32 Å². The monoisotopic (exact) mass is 226 g/mol. The third-order valence-corrected chi connectivity index (χ3v) is 2.64. The van der Waals surface area contributed by atoms with Gasteiger partial charge < -0.3 is 10.4 Å². The summed E-state index contributed by atoms with van der Waals surface area (Å²) in [5.74, 6) is 0.531. The smallest absolute Gasteiger partial charge is 0.0667 e. The standard InChI is InChI=1S/C13H26N2O/c1-11(2)8-12(16)9-15-10-13(3,4)6-5-7-14/h11-12,15-16H,5-6,8-10H2,1-4H3. The number of aliphatic hydroxyl groups is 1. The Kier molecular flexibility index (Phi) is 7.36. The van der Waals surface area contributed by atoms with E-state index >= 15 is 0 Å². The van der Waals surface area contributed by atoms with Gasteiger partial charge in [0.2, 0.25) is 0 Å². The van der Waals surface area contributed by atoms with E-state index in [1.165, 1.54) is 0 Å². The number of rotatable bonds is 8. The molecule has 0 radical (unpaired) electrons. The van der Waals surface area contributed by atoms with Crippen LogP contribution in [-0.2, 0) is 0 Å². The molecule has 0 aromatic heterocycles. The van der Waals surface area contributed by atoms with Crippen LogP contribution in [0.15, 0.2) is 0 Å². The summed E-state index contributed by atoms with van der Waals surface area (Å²) in [4.78, 5) is 0. The molecule has 94 valence electrons. The molecule has 0 aliphatic carbocycles. The van der Waals surface area contributed by atoms with Gasteiger partial charge in [-0.2, -0.15) is 5.26 Å². The lowest BCUT2D eigenvalue weighted by Gasteiger charge is -2.25. The highest BCUT2D eigenvalue weighted by Crippen LogP contribution is 2.20. The van der Waals surface area contributed by atoms with Gasteiger partial charge in [-0.1, -0.05) is 27.7 Å². The third-order valence-electron chi connectivity index (χ3n) is 2.64. The predicted molar refractivity (Wildman–Crippen MR) is 67.0 cm³/mol. The molecule has 0 heterocycles. The third kappa shape index (κ3) is 8.70. The first-order valence-corrected chi connectivity index (χ1v) is 6.13. The molecule has 1 unspecified atom stereocenters. The van der Waals surface area contributed by atoms with Crippen LogP contribution in [0.1, 0.15) is 47.0 Å². The van der Waals surface area contributed by atoms with Crippen LogP contribution >= 0.6 is 0 Å². The maximum absolute atomic E-state index is 9.68. The molecule has 0 saturated heterocycles. The summed E-state index contributed by atoms with van der Waals surface area (Å²) < 4.78 is 0. The van der Waals surface area contributed by atoms with E-state index in [1.807, 2.05) is 0 Å². The lowest BCUT2D eigenvalue weighted by Crippen LogP contribution is -2.35. The first-order chi connectivity index (χ1) is 7.37. The maximum Gasteiger partial charge on any atom is 0.0667 e. The van der Waals surface area contributed by atoms with E-state index in [0.717, 1.165) is 19.4 Å². The Morgan fingerprint density at radius 1 is 1.38 bits per heavy atom. The van der Waals surface area contributed by atoms with Gasteiger partial charge in [-0.25, -0.2) is 0 Å². The van der Waals surface area contributed by atoms with E-state index in [1.54, 1.807) is 0 Å². The average molecular weight is 226 g/mol. The van der Waals surface area contributed by atoms with Gasteiger partial charge in [0.1, 0.15) is 0 Å². The van der Waals surface area contributed by atoms with E-state index in [9.17, 15) is 5.11 Å². The molecular formula is C13H26N2O.